The Morgan fingerprint density at radius 2 is 1.83 bits per heavy atom. The van der Waals surface area contributed by atoms with Gasteiger partial charge in [-0.2, -0.15) is 0 Å². The standard InChI is InChI=1S/C19H22O4/c1-14-3-8-18(17-6-4-16(5-7-17)9-10-20)19(13-14)23-12-11-22-15(2)21/h3-8,13,20H,9-12H2,1-2H3. The van der Waals surface area contributed by atoms with Crippen molar-refractivity contribution in [3.8, 4) is 16.9 Å². The number of hydrogen-bond acceptors (Lipinski definition) is 4. The number of aliphatic hydroxyl groups excluding tert-OH is 1. The number of carbonyl (C=O) groups excluding carboxylic acids is 1. The summed E-state index contributed by atoms with van der Waals surface area (Å²) in [5, 5.41) is 8.98. The van der Waals surface area contributed by atoms with Gasteiger partial charge < -0.3 is 14.6 Å². The molecule has 0 saturated heterocycles. The van der Waals surface area contributed by atoms with Gasteiger partial charge in [0.05, 0.1) is 0 Å². The zero-order chi connectivity index (χ0) is 16.7. The molecule has 0 aliphatic carbocycles. The van der Waals surface area contributed by atoms with Gasteiger partial charge in [-0.05, 0) is 36.1 Å². The van der Waals surface area contributed by atoms with E-state index in [2.05, 4.69) is 0 Å². The Bertz CT molecular complexity index is 647. The molecule has 2 aromatic carbocycles. The van der Waals surface area contributed by atoms with Crippen LogP contribution in [-0.2, 0) is 16.0 Å². The summed E-state index contributed by atoms with van der Waals surface area (Å²) in [7, 11) is 0. The first-order valence-corrected chi connectivity index (χ1v) is 7.67. The van der Waals surface area contributed by atoms with Crippen molar-refractivity contribution in [2.45, 2.75) is 20.3 Å². The first kappa shape index (κ1) is 17.0. The number of aryl methyl sites for hydroxylation is 1. The molecule has 23 heavy (non-hydrogen) atoms. The van der Waals surface area contributed by atoms with Crippen LogP contribution in [0.4, 0.5) is 0 Å². The van der Waals surface area contributed by atoms with Gasteiger partial charge in [-0.1, -0.05) is 36.4 Å². The topological polar surface area (TPSA) is 55.8 Å². The van der Waals surface area contributed by atoms with Crippen LogP contribution in [-0.4, -0.2) is 30.9 Å². The highest BCUT2D eigenvalue weighted by atomic mass is 16.6. The van der Waals surface area contributed by atoms with Gasteiger partial charge in [-0.3, -0.25) is 4.79 Å². The van der Waals surface area contributed by atoms with E-state index in [0.717, 1.165) is 28.0 Å². The van der Waals surface area contributed by atoms with Crippen molar-refractivity contribution in [3.05, 3.63) is 53.6 Å². The van der Waals surface area contributed by atoms with E-state index in [4.69, 9.17) is 14.6 Å². The van der Waals surface area contributed by atoms with Crippen LogP contribution < -0.4 is 4.74 Å². The molecule has 0 amide bonds. The predicted molar refractivity (Wildman–Crippen MR) is 89.5 cm³/mol. The van der Waals surface area contributed by atoms with Gasteiger partial charge in [-0.15, -0.1) is 0 Å². The van der Waals surface area contributed by atoms with Gasteiger partial charge >= 0.3 is 5.97 Å². The monoisotopic (exact) mass is 314 g/mol. The molecule has 2 aromatic rings. The Balaban J connectivity index is 2.15. The number of hydrogen-bond donors (Lipinski definition) is 1. The predicted octanol–water partition coefficient (Wildman–Crippen LogP) is 3.14. The number of carbonyl (C=O) groups is 1. The molecule has 4 heteroatoms. The summed E-state index contributed by atoms with van der Waals surface area (Å²) in [5.41, 5.74) is 4.25. The minimum Gasteiger partial charge on any atom is -0.489 e. The van der Waals surface area contributed by atoms with Crippen molar-refractivity contribution >= 4 is 5.97 Å². The molecule has 0 heterocycles. The highest BCUT2D eigenvalue weighted by Crippen LogP contribution is 2.31. The first-order valence-electron chi connectivity index (χ1n) is 7.67. The van der Waals surface area contributed by atoms with E-state index in [1.807, 2.05) is 49.4 Å². The molecular weight excluding hydrogens is 292 g/mol. The van der Waals surface area contributed by atoms with Crippen LogP contribution in [0.1, 0.15) is 18.1 Å². The van der Waals surface area contributed by atoms with Gasteiger partial charge in [0.25, 0.3) is 0 Å². The van der Waals surface area contributed by atoms with Crippen LogP contribution in [0.5, 0.6) is 5.75 Å². The maximum atomic E-state index is 10.8. The summed E-state index contributed by atoms with van der Waals surface area (Å²) >= 11 is 0. The molecule has 0 aliphatic heterocycles. The van der Waals surface area contributed by atoms with Crippen LogP contribution in [0.15, 0.2) is 42.5 Å². The second-order valence-electron chi connectivity index (χ2n) is 5.36. The van der Waals surface area contributed by atoms with E-state index in [0.29, 0.717) is 13.0 Å². The SMILES string of the molecule is CC(=O)OCCOc1cc(C)ccc1-c1ccc(CCO)cc1. The minimum absolute atomic E-state index is 0.147. The van der Waals surface area contributed by atoms with Crippen molar-refractivity contribution in [2.75, 3.05) is 19.8 Å². The third kappa shape index (κ3) is 5.11. The average molecular weight is 314 g/mol. The fraction of sp³-hybridized carbons (Fsp3) is 0.316. The maximum absolute atomic E-state index is 10.8. The van der Waals surface area contributed by atoms with Crippen LogP contribution in [0.3, 0.4) is 0 Å². The van der Waals surface area contributed by atoms with Crippen LogP contribution >= 0.6 is 0 Å². The molecular formula is C19H22O4. The zero-order valence-corrected chi connectivity index (χ0v) is 13.5. The Hall–Kier alpha value is -2.33. The smallest absolute Gasteiger partial charge is 0.302 e. The minimum atomic E-state index is -0.308. The van der Waals surface area contributed by atoms with E-state index < -0.39 is 0 Å². The molecule has 0 aliphatic rings. The lowest BCUT2D eigenvalue weighted by Crippen LogP contribution is -2.10. The Morgan fingerprint density at radius 1 is 1.09 bits per heavy atom. The highest BCUT2D eigenvalue weighted by Gasteiger charge is 2.07. The first-order chi connectivity index (χ1) is 11.1. The van der Waals surface area contributed by atoms with E-state index >= 15 is 0 Å². The Morgan fingerprint density at radius 3 is 2.48 bits per heavy atom. The van der Waals surface area contributed by atoms with Crippen molar-refractivity contribution in [3.63, 3.8) is 0 Å². The third-order valence-electron chi connectivity index (χ3n) is 3.45. The molecule has 0 fully saturated rings. The lowest BCUT2D eigenvalue weighted by Gasteiger charge is -2.13. The second-order valence-corrected chi connectivity index (χ2v) is 5.36. The van der Waals surface area contributed by atoms with Crippen molar-refractivity contribution in [1.82, 2.24) is 0 Å². The summed E-state index contributed by atoms with van der Waals surface area (Å²) in [6.07, 6.45) is 0.653. The number of aliphatic hydroxyl groups is 1. The quantitative estimate of drug-likeness (QED) is 0.630. The normalized spacial score (nSPS) is 10.4. The van der Waals surface area contributed by atoms with E-state index in [1.165, 1.54) is 6.92 Å². The van der Waals surface area contributed by atoms with E-state index in [1.54, 1.807) is 0 Å². The van der Waals surface area contributed by atoms with Gasteiger partial charge in [0.15, 0.2) is 0 Å². The molecule has 4 nitrogen and oxygen atoms in total. The fourth-order valence-electron chi connectivity index (χ4n) is 2.30. The van der Waals surface area contributed by atoms with Gasteiger partial charge in [0, 0.05) is 19.1 Å². The number of esters is 1. The van der Waals surface area contributed by atoms with Gasteiger partial charge in [0.2, 0.25) is 0 Å². The lowest BCUT2D eigenvalue weighted by atomic mass is 10.0. The third-order valence-corrected chi connectivity index (χ3v) is 3.45. The van der Waals surface area contributed by atoms with Crippen molar-refractivity contribution < 1.29 is 19.4 Å². The van der Waals surface area contributed by atoms with E-state index in [-0.39, 0.29) is 19.2 Å². The number of rotatable bonds is 7. The summed E-state index contributed by atoms with van der Waals surface area (Å²) in [5.74, 6) is 0.463. The molecule has 0 saturated carbocycles. The molecule has 1 N–H and O–H groups in total. The van der Waals surface area contributed by atoms with Crippen LogP contribution in [0.2, 0.25) is 0 Å². The Kier molecular flexibility index (Phi) is 6.18. The fourth-order valence-corrected chi connectivity index (χ4v) is 2.30. The summed E-state index contributed by atoms with van der Waals surface area (Å²) in [6.45, 7) is 4.09. The zero-order valence-electron chi connectivity index (χ0n) is 13.5. The Labute approximate surface area is 136 Å². The van der Waals surface area contributed by atoms with Crippen LogP contribution in [0, 0.1) is 6.92 Å². The molecule has 0 aromatic heterocycles. The molecule has 0 spiro atoms. The van der Waals surface area contributed by atoms with E-state index in [9.17, 15) is 4.79 Å². The number of benzene rings is 2. The van der Waals surface area contributed by atoms with Gasteiger partial charge in [0.1, 0.15) is 19.0 Å². The van der Waals surface area contributed by atoms with Crippen molar-refractivity contribution in [1.29, 1.82) is 0 Å². The molecule has 0 atom stereocenters. The van der Waals surface area contributed by atoms with Gasteiger partial charge in [-0.25, -0.2) is 0 Å². The lowest BCUT2D eigenvalue weighted by molar-refractivity contribution is -0.141. The second kappa shape index (κ2) is 8.34. The molecule has 2 rings (SSSR count). The van der Waals surface area contributed by atoms with Crippen molar-refractivity contribution in [2.24, 2.45) is 0 Å². The molecule has 0 bridgehead atoms. The largest absolute Gasteiger partial charge is 0.489 e. The molecule has 122 valence electrons. The molecule has 0 unspecified atom stereocenters. The summed E-state index contributed by atoms with van der Waals surface area (Å²) < 4.78 is 10.7. The highest BCUT2D eigenvalue weighted by molar-refractivity contribution is 5.71. The maximum Gasteiger partial charge on any atom is 0.302 e. The van der Waals surface area contributed by atoms with Crippen LogP contribution in [0.25, 0.3) is 11.1 Å². The molecule has 0 radical (unpaired) electrons. The number of ether oxygens (including phenoxy) is 2. The summed E-state index contributed by atoms with van der Waals surface area (Å²) in [6, 6.07) is 14.1. The summed E-state index contributed by atoms with van der Waals surface area (Å²) in [4.78, 5) is 10.8. The average Bonchev–Trinajstić information content (AvgIpc) is 2.53.